The monoisotopic (exact) mass is 433 g/mol. The van der Waals surface area contributed by atoms with Crippen LogP contribution in [0.3, 0.4) is 0 Å². The first kappa shape index (κ1) is 20.4. The minimum Gasteiger partial charge on any atom is -0.358 e. The Labute approximate surface area is 184 Å². The molecule has 164 valence electrons. The molecule has 2 atom stereocenters. The molecule has 1 amide bonds. The molecule has 2 aliphatic heterocycles. The Morgan fingerprint density at radius 3 is 2.84 bits per heavy atom. The molecule has 3 aromatic rings. The molecule has 32 heavy (non-hydrogen) atoms. The summed E-state index contributed by atoms with van der Waals surface area (Å²) in [5.74, 6) is -0.544. The number of carbonyl (C=O) groups excluding carboxylic acids is 1. The van der Waals surface area contributed by atoms with Gasteiger partial charge in [0.15, 0.2) is 0 Å². The smallest absolute Gasteiger partial charge is 0.272 e. The van der Waals surface area contributed by atoms with Crippen molar-refractivity contribution in [2.75, 3.05) is 19.6 Å². The van der Waals surface area contributed by atoms with Gasteiger partial charge in [0.2, 0.25) is 0 Å². The van der Waals surface area contributed by atoms with E-state index in [-0.39, 0.29) is 23.1 Å². The number of rotatable bonds is 4. The normalized spacial score (nSPS) is 20.4. The summed E-state index contributed by atoms with van der Waals surface area (Å²) in [5.41, 5.74) is 1.21. The first-order valence-electron chi connectivity index (χ1n) is 10.9. The molecule has 2 unspecified atom stereocenters. The first-order chi connectivity index (χ1) is 15.5. The van der Waals surface area contributed by atoms with Crippen molar-refractivity contribution in [3.8, 4) is 0 Å². The van der Waals surface area contributed by atoms with Crippen LogP contribution in [-0.2, 0) is 6.42 Å². The van der Waals surface area contributed by atoms with Crippen molar-refractivity contribution >= 4 is 23.0 Å². The Morgan fingerprint density at radius 2 is 2.03 bits per heavy atom. The van der Waals surface area contributed by atoms with Gasteiger partial charge in [-0.2, -0.15) is 5.10 Å². The number of aromatic nitrogens is 2. The van der Waals surface area contributed by atoms with E-state index in [1.807, 2.05) is 17.0 Å². The molecule has 0 aliphatic carbocycles. The van der Waals surface area contributed by atoms with Crippen LogP contribution >= 0.6 is 0 Å². The van der Waals surface area contributed by atoms with Crippen molar-refractivity contribution in [3.05, 3.63) is 75.5 Å². The number of nitrogens with zero attached hydrogens (tertiary/aromatic N) is 3. The number of H-pyrrole nitrogens is 1. The van der Waals surface area contributed by atoms with Crippen LogP contribution in [0.15, 0.2) is 47.3 Å². The molecule has 2 N–H and O–H groups in total. The fourth-order valence-electron chi connectivity index (χ4n) is 5.06. The van der Waals surface area contributed by atoms with E-state index in [1.54, 1.807) is 29.2 Å². The van der Waals surface area contributed by atoms with E-state index in [1.165, 1.54) is 12.4 Å². The summed E-state index contributed by atoms with van der Waals surface area (Å²) >= 11 is 0. The molecule has 2 fully saturated rings. The number of fused-ring (bicyclic) bond motifs is 2. The zero-order valence-corrected chi connectivity index (χ0v) is 17.6. The van der Waals surface area contributed by atoms with Gasteiger partial charge in [-0.25, -0.2) is 9.49 Å². The number of carbonyl (C=O) groups is 1. The maximum atomic E-state index is 14.7. The second kappa shape index (κ2) is 8.18. The summed E-state index contributed by atoms with van der Waals surface area (Å²) in [5, 5.41) is 15.6. The Kier molecular flexibility index (Phi) is 5.20. The number of benzene rings is 2. The highest BCUT2D eigenvalue weighted by molar-refractivity contribution is 5.95. The van der Waals surface area contributed by atoms with E-state index in [0.717, 1.165) is 30.3 Å². The SMILES string of the molecule is N=CN1CCCC2CN(C(=O)c3cc(Cc4n[nH]c(=O)c5ccccc45)ccc3F)CC21. The lowest BCUT2D eigenvalue weighted by molar-refractivity contribution is 0.0778. The molecule has 0 bridgehead atoms. The predicted molar refractivity (Wildman–Crippen MR) is 119 cm³/mol. The maximum absolute atomic E-state index is 14.7. The van der Waals surface area contributed by atoms with Gasteiger partial charge in [-0.15, -0.1) is 0 Å². The molecular weight excluding hydrogens is 409 g/mol. The van der Waals surface area contributed by atoms with Crippen LogP contribution < -0.4 is 5.56 Å². The van der Waals surface area contributed by atoms with Gasteiger partial charge in [-0.3, -0.25) is 15.0 Å². The third-order valence-corrected chi connectivity index (χ3v) is 6.68. The fourth-order valence-corrected chi connectivity index (χ4v) is 5.06. The zero-order valence-electron chi connectivity index (χ0n) is 17.6. The lowest BCUT2D eigenvalue weighted by Gasteiger charge is -2.34. The lowest BCUT2D eigenvalue weighted by atomic mass is 9.93. The third-order valence-electron chi connectivity index (χ3n) is 6.68. The Bertz CT molecular complexity index is 1260. The lowest BCUT2D eigenvalue weighted by Crippen LogP contribution is -2.44. The number of aromatic amines is 1. The molecule has 0 radical (unpaired) electrons. The highest BCUT2D eigenvalue weighted by atomic mass is 19.1. The predicted octanol–water partition coefficient (Wildman–Crippen LogP) is 2.80. The highest BCUT2D eigenvalue weighted by Gasteiger charge is 2.40. The van der Waals surface area contributed by atoms with Crippen molar-refractivity contribution in [2.24, 2.45) is 5.92 Å². The number of piperidine rings is 1. The minimum atomic E-state index is -0.545. The number of hydrogen-bond donors (Lipinski definition) is 2. The number of nitrogens with one attached hydrogen (secondary N) is 2. The van der Waals surface area contributed by atoms with Gasteiger partial charge in [-0.05, 0) is 42.5 Å². The van der Waals surface area contributed by atoms with Gasteiger partial charge in [0.1, 0.15) is 5.82 Å². The van der Waals surface area contributed by atoms with Crippen LogP contribution in [0, 0.1) is 17.1 Å². The Hall–Kier alpha value is -3.55. The summed E-state index contributed by atoms with van der Waals surface area (Å²) in [6, 6.07) is 11.9. The van der Waals surface area contributed by atoms with Crippen LogP contribution in [0.5, 0.6) is 0 Å². The average Bonchev–Trinajstić information content (AvgIpc) is 3.26. The van der Waals surface area contributed by atoms with E-state index in [2.05, 4.69) is 10.2 Å². The van der Waals surface area contributed by atoms with Crippen molar-refractivity contribution < 1.29 is 9.18 Å². The van der Waals surface area contributed by atoms with Gasteiger partial charge in [0, 0.05) is 31.4 Å². The first-order valence-corrected chi connectivity index (χ1v) is 10.9. The van der Waals surface area contributed by atoms with E-state index in [9.17, 15) is 14.0 Å². The molecule has 5 rings (SSSR count). The van der Waals surface area contributed by atoms with E-state index in [4.69, 9.17) is 5.41 Å². The van der Waals surface area contributed by atoms with Crippen LogP contribution in [0.1, 0.15) is 34.5 Å². The maximum Gasteiger partial charge on any atom is 0.272 e. The van der Waals surface area contributed by atoms with Crippen molar-refractivity contribution in [3.63, 3.8) is 0 Å². The average molecular weight is 433 g/mol. The van der Waals surface area contributed by atoms with Crippen molar-refractivity contribution in [2.45, 2.75) is 25.3 Å². The van der Waals surface area contributed by atoms with Gasteiger partial charge in [0.05, 0.1) is 29.0 Å². The van der Waals surface area contributed by atoms with Crippen LogP contribution in [0.2, 0.25) is 0 Å². The van der Waals surface area contributed by atoms with E-state index in [0.29, 0.717) is 36.5 Å². The third kappa shape index (κ3) is 3.55. The van der Waals surface area contributed by atoms with Crippen LogP contribution in [0.25, 0.3) is 10.8 Å². The molecule has 0 saturated carbocycles. The second-order valence-electron chi connectivity index (χ2n) is 8.58. The number of likely N-dealkylation sites (tertiary alicyclic amines) is 2. The molecule has 0 spiro atoms. The largest absolute Gasteiger partial charge is 0.358 e. The molecule has 2 aromatic carbocycles. The fraction of sp³-hybridized carbons (Fsp3) is 0.333. The molecule has 2 saturated heterocycles. The Balaban J connectivity index is 1.41. The second-order valence-corrected chi connectivity index (χ2v) is 8.58. The number of hydrogen-bond acceptors (Lipinski definition) is 4. The quantitative estimate of drug-likeness (QED) is 0.489. The molecular formula is C24H24FN5O2. The summed E-state index contributed by atoms with van der Waals surface area (Å²) in [6.07, 6.45) is 3.74. The van der Waals surface area contributed by atoms with Gasteiger partial charge in [-0.1, -0.05) is 24.3 Å². The van der Waals surface area contributed by atoms with Crippen LogP contribution in [-0.4, -0.2) is 57.9 Å². The zero-order chi connectivity index (χ0) is 22.2. The van der Waals surface area contributed by atoms with Crippen LogP contribution in [0.4, 0.5) is 4.39 Å². The molecule has 8 heteroatoms. The molecule has 7 nitrogen and oxygen atoms in total. The summed E-state index contributed by atoms with van der Waals surface area (Å²) in [7, 11) is 0. The van der Waals surface area contributed by atoms with E-state index < -0.39 is 5.82 Å². The van der Waals surface area contributed by atoms with Gasteiger partial charge in [0.25, 0.3) is 11.5 Å². The van der Waals surface area contributed by atoms with Gasteiger partial charge >= 0.3 is 0 Å². The standard InChI is InChI=1S/C24H24FN5O2/c25-20-8-7-15(11-21-17-5-1-2-6-18(17)23(31)28-27-21)10-19(20)24(32)30-12-16-4-3-9-29(14-26)22(16)13-30/h1-2,5-8,10,14,16,22,26H,3-4,9,11-13H2,(H,28,31). The summed E-state index contributed by atoms with van der Waals surface area (Å²) in [6.45, 7) is 1.93. The molecule has 2 aliphatic rings. The summed E-state index contributed by atoms with van der Waals surface area (Å²) < 4.78 is 14.7. The molecule has 1 aromatic heterocycles. The summed E-state index contributed by atoms with van der Waals surface area (Å²) in [4.78, 5) is 29.0. The number of amides is 1. The van der Waals surface area contributed by atoms with E-state index >= 15 is 0 Å². The highest BCUT2D eigenvalue weighted by Crippen LogP contribution is 2.31. The van der Waals surface area contributed by atoms with Crippen molar-refractivity contribution in [1.29, 1.82) is 5.41 Å². The minimum absolute atomic E-state index is 0.0521. The Morgan fingerprint density at radius 1 is 1.22 bits per heavy atom. The van der Waals surface area contributed by atoms with Gasteiger partial charge < -0.3 is 9.80 Å². The van der Waals surface area contributed by atoms with Crippen molar-refractivity contribution in [1.82, 2.24) is 20.0 Å². The molecule has 3 heterocycles. The number of halogens is 1. The topological polar surface area (TPSA) is 93.2 Å².